The van der Waals surface area contributed by atoms with Crippen molar-refractivity contribution in [3.63, 3.8) is 0 Å². The van der Waals surface area contributed by atoms with Crippen LogP contribution in [0.4, 0.5) is 13.2 Å². The fourth-order valence-corrected chi connectivity index (χ4v) is 4.42. The van der Waals surface area contributed by atoms with Crippen LogP contribution in [0, 0.1) is 6.92 Å². The third kappa shape index (κ3) is 5.14. The molecule has 1 aliphatic heterocycles. The lowest BCUT2D eigenvalue weighted by Crippen LogP contribution is -2.50. The molecule has 3 aromatic heterocycles. The normalized spacial score (nSPS) is 14.2. The number of amides is 2. The van der Waals surface area contributed by atoms with E-state index in [-0.39, 0.29) is 47.6 Å². The number of rotatable bonds is 6. The maximum atomic E-state index is 13.3. The number of carbonyl (C=O) groups is 2. The minimum atomic E-state index is -4.71. The molecule has 204 valence electrons. The molecular formula is C25H23F3N6O5. The largest absolute Gasteiger partial charge is 0.437 e. The van der Waals surface area contributed by atoms with Gasteiger partial charge >= 0.3 is 6.18 Å². The molecule has 5 rings (SSSR count). The summed E-state index contributed by atoms with van der Waals surface area (Å²) >= 11 is 0. The number of alkyl halides is 3. The maximum absolute atomic E-state index is 13.3. The van der Waals surface area contributed by atoms with Crippen molar-refractivity contribution in [2.75, 3.05) is 32.8 Å². The van der Waals surface area contributed by atoms with Crippen LogP contribution in [0.25, 0.3) is 16.9 Å². The highest BCUT2D eigenvalue weighted by Crippen LogP contribution is 2.37. The van der Waals surface area contributed by atoms with Crippen molar-refractivity contribution in [1.82, 2.24) is 29.3 Å². The van der Waals surface area contributed by atoms with Crippen LogP contribution < -0.4 is 4.74 Å². The van der Waals surface area contributed by atoms with Crippen LogP contribution in [0.1, 0.15) is 28.0 Å². The van der Waals surface area contributed by atoms with Crippen molar-refractivity contribution in [1.29, 1.82) is 0 Å². The molecule has 1 saturated heterocycles. The van der Waals surface area contributed by atoms with Crippen molar-refractivity contribution in [3.05, 3.63) is 59.9 Å². The number of ether oxygens (including phenoxy) is 1. The van der Waals surface area contributed by atoms with Gasteiger partial charge in [-0.2, -0.15) is 13.2 Å². The number of hydrogen-bond acceptors (Lipinski definition) is 8. The van der Waals surface area contributed by atoms with Crippen molar-refractivity contribution in [2.45, 2.75) is 19.5 Å². The standard InChI is InChI=1S/C25H23F3N6O5/c1-15-12-16(2-3-17(15)24(37)33-9-7-32(8-10-33)20(36)4-11-35)39-23-22-30-13-19(34(22)6-5-29-23)18-14-38-31-21(18)25(26,27)28/h2-3,5-6,12-14,35H,4,7-11H2,1H3. The van der Waals surface area contributed by atoms with Gasteiger partial charge in [-0.1, -0.05) is 5.16 Å². The Hall–Kier alpha value is -4.46. The Morgan fingerprint density at radius 2 is 1.87 bits per heavy atom. The van der Waals surface area contributed by atoms with Crippen molar-refractivity contribution >= 4 is 17.5 Å². The van der Waals surface area contributed by atoms with Gasteiger partial charge in [0.05, 0.1) is 24.1 Å². The van der Waals surface area contributed by atoms with Gasteiger partial charge in [-0.3, -0.25) is 14.0 Å². The Balaban J connectivity index is 1.33. The van der Waals surface area contributed by atoms with Crippen molar-refractivity contribution in [2.24, 2.45) is 0 Å². The molecule has 2 amide bonds. The van der Waals surface area contributed by atoms with Crippen LogP contribution in [0.3, 0.4) is 0 Å². The van der Waals surface area contributed by atoms with Gasteiger partial charge in [-0.05, 0) is 30.7 Å². The van der Waals surface area contributed by atoms with Crippen molar-refractivity contribution in [3.8, 4) is 22.9 Å². The molecule has 0 saturated carbocycles. The minimum Gasteiger partial charge on any atom is -0.436 e. The molecule has 0 atom stereocenters. The molecule has 0 radical (unpaired) electrons. The van der Waals surface area contributed by atoms with Gasteiger partial charge in [0, 0.05) is 50.6 Å². The van der Waals surface area contributed by atoms with Gasteiger partial charge in [-0.25, -0.2) is 9.97 Å². The number of fused-ring (bicyclic) bond motifs is 1. The number of aliphatic hydroxyl groups excluding tert-OH is 1. The third-order valence-corrected chi connectivity index (χ3v) is 6.40. The molecule has 1 fully saturated rings. The van der Waals surface area contributed by atoms with E-state index >= 15 is 0 Å². The molecule has 1 N–H and O–H groups in total. The first kappa shape index (κ1) is 26.2. The van der Waals surface area contributed by atoms with E-state index in [2.05, 4.69) is 19.6 Å². The summed E-state index contributed by atoms with van der Waals surface area (Å²) in [4.78, 5) is 36.7. The second-order valence-electron chi connectivity index (χ2n) is 8.87. The highest BCUT2D eigenvalue weighted by Gasteiger charge is 2.38. The molecule has 14 heteroatoms. The van der Waals surface area contributed by atoms with E-state index in [9.17, 15) is 22.8 Å². The van der Waals surface area contributed by atoms with Crippen LogP contribution in [-0.2, 0) is 11.0 Å². The first-order valence-corrected chi connectivity index (χ1v) is 12.0. The zero-order valence-corrected chi connectivity index (χ0v) is 20.7. The topological polar surface area (TPSA) is 126 Å². The number of nitrogens with zero attached hydrogens (tertiary/aromatic N) is 6. The van der Waals surface area contributed by atoms with E-state index in [0.29, 0.717) is 43.1 Å². The fraction of sp³-hybridized carbons (Fsp3) is 0.320. The monoisotopic (exact) mass is 544 g/mol. The van der Waals surface area contributed by atoms with Gasteiger partial charge in [-0.15, -0.1) is 0 Å². The lowest BCUT2D eigenvalue weighted by molar-refractivity contribution is -0.142. The number of benzene rings is 1. The number of carbonyl (C=O) groups excluding carboxylic acids is 2. The average molecular weight is 544 g/mol. The predicted octanol–water partition coefficient (Wildman–Crippen LogP) is 3.17. The van der Waals surface area contributed by atoms with Gasteiger partial charge in [0.15, 0.2) is 5.69 Å². The summed E-state index contributed by atoms with van der Waals surface area (Å²) in [5.41, 5.74) is -0.0538. The molecular weight excluding hydrogens is 521 g/mol. The molecule has 0 spiro atoms. The summed E-state index contributed by atoms with van der Waals surface area (Å²) in [5, 5.41) is 12.0. The molecule has 1 aromatic carbocycles. The summed E-state index contributed by atoms with van der Waals surface area (Å²) in [5.74, 6) is 0.0869. The zero-order valence-electron chi connectivity index (χ0n) is 20.7. The van der Waals surface area contributed by atoms with E-state index in [1.54, 1.807) is 34.9 Å². The number of imidazole rings is 1. The van der Waals surface area contributed by atoms with E-state index in [4.69, 9.17) is 9.84 Å². The Morgan fingerprint density at radius 3 is 2.56 bits per heavy atom. The Bertz CT molecular complexity index is 1520. The second-order valence-corrected chi connectivity index (χ2v) is 8.87. The summed E-state index contributed by atoms with van der Waals surface area (Å²) < 4.78 is 51.8. The minimum absolute atomic E-state index is 0.0518. The molecule has 11 nitrogen and oxygen atoms in total. The van der Waals surface area contributed by atoms with Gasteiger partial charge in [0.2, 0.25) is 11.6 Å². The molecule has 4 heterocycles. The third-order valence-electron chi connectivity index (χ3n) is 6.40. The zero-order chi connectivity index (χ0) is 27.7. The highest BCUT2D eigenvalue weighted by molar-refractivity contribution is 5.96. The van der Waals surface area contributed by atoms with E-state index in [0.717, 1.165) is 6.26 Å². The first-order chi connectivity index (χ1) is 18.7. The number of aliphatic hydroxyl groups is 1. The number of hydrogen-bond donors (Lipinski definition) is 1. The number of halogens is 3. The number of aryl methyl sites for hydroxylation is 1. The van der Waals surface area contributed by atoms with E-state index in [1.807, 2.05) is 0 Å². The maximum Gasteiger partial charge on any atom is 0.437 e. The average Bonchev–Trinajstić information content (AvgIpc) is 3.56. The molecule has 39 heavy (non-hydrogen) atoms. The summed E-state index contributed by atoms with van der Waals surface area (Å²) in [6, 6.07) is 4.88. The summed E-state index contributed by atoms with van der Waals surface area (Å²) in [6.07, 6.45) is 0.313. The van der Waals surface area contributed by atoms with Crippen LogP contribution >= 0.6 is 0 Å². The number of aromatic nitrogens is 4. The van der Waals surface area contributed by atoms with Crippen LogP contribution in [0.15, 0.2) is 47.6 Å². The van der Waals surface area contributed by atoms with Gasteiger partial charge in [0.1, 0.15) is 12.0 Å². The van der Waals surface area contributed by atoms with Crippen LogP contribution in [0.2, 0.25) is 0 Å². The Kier molecular flexibility index (Phi) is 6.95. The molecule has 4 aromatic rings. The molecule has 0 unspecified atom stereocenters. The molecule has 0 bridgehead atoms. The lowest BCUT2D eigenvalue weighted by atomic mass is 10.1. The first-order valence-electron chi connectivity index (χ1n) is 12.0. The smallest absolute Gasteiger partial charge is 0.436 e. The van der Waals surface area contributed by atoms with Crippen molar-refractivity contribution < 1.29 is 37.1 Å². The summed E-state index contributed by atoms with van der Waals surface area (Å²) in [6.45, 7) is 3.10. The van der Waals surface area contributed by atoms with Crippen LogP contribution in [0.5, 0.6) is 11.6 Å². The SMILES string of the molecule is Cc1cc(Oc2nccn3c(-c4conc4C(F)(F)F)cnc23)ccc1C(=O)N1CCN(C(=O)CCO)CC1. The lowest BCUT2D eigenvalue weighted by Gasteiger charge is -2.35. The van der Waals surface area contributed by atoms with E-state index < -0.39 is 11.9 Å². The fourth-order valence-electron chi connectivity index (χ4n) is 4.42. The number of piperazine rings is 1. The van der Waals surface area contributed by atoms with Gasteiger partial charge in [0.25, 0.3) is 11.8 Å². The quantitative estimate of drug-likeness (QED) is 0.392. The van der Waals surface area contributed by atoms with Crippen LogP contribution in [-0.4, -0.2) is 79.0 Å². The predicted molar refractivity (Wildman–Crippen MR) is 129 cm³/mol. The summed E-state index contributed by atoms with van der Waals surface area (Å²) in [7, 11) is 0. The Morgan fingerprint density at radius 1 is 1.13 bits per heavy atom. The molecule has 1 aliphatic rings. The Labute approximate surface area is 219 Å². The molecule has 0 aliphatic carbocycles. The van der Waals surface area contributed by atoms with Gasteiger partial charge < -0.3 is 24.2 Å². The highest BCUT2D eigenvalue weighted by atomic mass is 19.4. The van der Waals surface area contributed by atoms with E-state index in [1.165, 1.54) is 23.0 Å². The second kappa shape index (κ2) is 10.4.